The van der Waals surface area contributed by atoms with Crippen molar-refractivity contribution in [3.05, 3.63) is 41.6 Å². The van der Waals surface area contributed by atoms with Crippen molar-refractivity contribution in [1.29, 1.82) is 0 Å². The maximum Gasteiger partial charge on any atom is 0.276 e. The lowest BCUT2D eigenvalue weighted by atomic mass is 10.0. The molecule has 0 unspecified atom stereocenters. The number of nitrogens with zero attached hydrogens (tertiary/aromatic N) is 1. The fraction of sp³-hybridized carbons (Fsp3) is 0.176. The van der Waals surface area contributed by atoms with Crippen molar-refractivity contribution in [3.8, 4) is 11.5 Å². The first kappa shape index (κ1) is 15.3. The Balaban J connectivity index is 2.22. The highest BCUT2D eigenvalue weighted by atomic mass is 32.1. The van der Waals surface area contributed by atoms with Gasteiger partial charge in [0.15, 0.2) is 5.11 Å². The zero-order valence-electron chi connectivity index (χ0n) is 13.0. The standard InChI is InChI=1S/C17H16N2O3S/c1-19-16(20)14(18-17(19)23)9-13-12-8-11(21-2)6-4-10(12)5-7-15(13)22-3/h4-9H,1-3H3,(H,18,23)/b14-9-. The number of likely N-dealkylation sites (N-methyl/N-ethyl adjacent to an activating group) is 1. The quantitative estimate of drug-likeness (QED) is 0.693. The van der Waals surface area contributed by atoms with Gasteiger partial charge in [0.05, 0.1) is 14.2 Å². The first-order chi connectivity index (χ1) is 11.0. The van der Waals surface area contributed by atoms with Crippen LogP contribution in [0.3, 0.4) is 0 Å². The van der Waals surface area contributed by atoms with Crippen LogP contribution in [-0.4, -0.2) is 37.2 Å². The number of amides is 1. The Kier molecular flexibility index (Phi) is 3.92. The molecule has 6 heteroatoms. The molecule has 1 aliphatic rings. The van der Waals surface area contributed by atoms with Crippen LogP contribution >= 0.6 is 12.2 Å². The molecule has 0 aliphatic carbocycles. The average molecular weight is 328 g/mol. The van der Waals surface area contributed by atoms with Gasteiger partial charge in [-0.1, -0.05) is 12.1 Å². The van der Waals surface area contributed by atoms with E-state index in [4.69, 9.17) is 21.7 Å². The molecule has 0 atom stereocenters. The van der Waals surface area contributed by atoms with E-state index in [-0.39, 0.29) is 5.91 Å². The minimum absolute atomic E-state index is 0.169. The number of benzene rings is 2. The lowest BCUT2D eigenvalue weighted by Crippen LogP contribution is -2.25. The number of nitrogens with one attached hydrogen (secondary N) is 1. The van der Waals surface area contributed by atoms with Gasteiger partial charge in [-0.2, -0.15) is 0 Å². The smallest absolute Gasteiger partial charge is 0.276 e. The molecule has 5 nitrogen and oxygen atoms in total. The second kappa shape index (κ2) is 5.89. The Bertz CT molecular complexity index is 840. The number of hydrogen-bond donors (Lipinski definition) is 1. The summed E-state index contributed by atoms with van der Waals surface area (Å²) in [6, 6.07) is 9.63. The molecule has 23 heavy (non-hydrogen) atoms. The van der Waals surface area contributed by atoms with E-state index in [0.717, 1.165) is 22.1 Å². The highest BCUT2D eigenvalue weighted by molar-refractivity contribution is 7.80. The third-order valence-electron chi connectivity index (χ3n) is 3.82. The van der Waals surface area contributed by atoms with Crippen LogP contribution in [0, 0.1) is 0 Å². The van der Waals surface area contributed by atoms with Crippen LogP contribution in [0.25, 0.3) is 16.8 Å². The highest BCUT2D eigenvalue weighted by Crippen LogP contribution is 2.32. The summed E-state index contributed by atoms with van der Waals surface area (Å²) in [7, 11) is 4.86. The van der Waals surface area contributed by atoms with Crippen molar-refractivity contribution < 1.29 is 14.3 Å². The van der Waals surface area contributed by atoms with Gasteiger partial charge in [-0.15, -0.1) is 0 Å². The predicted molar refractivity (Wildman–Crippen MR) is 93.5 cm³/mol. The maximum atomic E-state index is 12.2. The molecular formula is C17H16N2O3S. The number of methoxy groups -OCH3 is 2. The number of carbonyl (C=O) groups excluding carboxylic acids is 1. The fourth-order valence-electron chi connectivity index (χ4n) is 2.52. The molecule has 1 saturated heterocycles. The Morgan fingerprint density at radius 1 is 1.17 bits per heavy atom. The van der Waals surface area contributed by atoms with Crippen LogP contribution in [0.4, 0.5) is 0 Å². The van der Waals surface area contributed by atoms with E-state index < -0.39 is 0 Å². The van der Waals surface area contributed by atoms with E-state index in [2.05, 4.69) is 5.32 Å². The van der Waals surface area contributed by atoms with Gasteiger partial charge in [0, 0.05) is 12.6 Å². The summed E-state index contributed by atoms with van der Waals surface area (Å²) in [4.78, 5) is 13.6. The molecule has 1 N–H and O–H groups in total. The molecule has 1 heterocycles. The van der Waals surface area contributed by atoms with Gasteiger partial charge in [-0.3, -0.25) is 9.69 Å². The van der Waals surface area contributed by atoms with E-state index in [9.17, 15) is 4.79 Å². The molecule has 0 radical (unpaired) electrons. The summed E-state index contributed by atoms with van der Waals surface area (Å²) in [6.45, 7) is 0. The molecule has 0 saturated carbocycles. The Morgan fingerprint density at radius 3 is 2.52 bits per heavy atom. The third-order valence-corrected chi connectivity index (χ3v) is 4.20. The summed E-state index contributed by atoms with van der Waals surface area (Å²) in [5.74, 6) is 1.24. The highest BCUT2D eigenvalue weighted by Gasteiger charge is 2.27. The Hall–Kier alpha value is -2.60. The van der Waals surface area contributed by atoms with Crippen LogP contribution in [0.1, 0.15) is 5.56 Å². The molecule has 0 bridgehead atoms. The van der Waals surface area contributed by atoms with Crippen molar-refractivity contribution >= 4 is 40.1 Å². The van der Waals surface area contributed by atoms with Gasteiger partial charge in [-0.25, -0.2) is 0 Å². The van der Waals surface area contributed by atoms with Crippen molar-refractivity contribution in [2.75, 3.05) is 21.3 Å². The summed E-state index contributed by atoms with van der Waals surface area (Å²) in [6.07, 6.45) is 1.76. The summed E-state index contributed by atoms with van der Waals surface area (Å²) >= 11 is 5.11. The molecular weight excluding hydrogens is 312 g/mol. The van der Waals surface area contributed by atoms with Crippen LogP contribution in [-0.2, 0) is 4.79 Å². The van der Waals surface area contributed by atoms with E-state index in [1.165, 1.54) is 4.90 Å². The van der Waals surface area contributed by atoms with Crippen molar-refractivity contribution in [2.24, 2.45) is 0 Å². The molecule has 1 fully saturated rings. The third kappa shape index (κ3) is 2.61. The van der Waals surface area contributed by atoms with Crippen molar-refractivity contribution in [2.45, 2.75) is 0 Å². The molecule has 2 aromatic carbocycles. The van der Waals surface area contributed by atoms with Crippen molar-refractivity contribution in [1.82, 2.24) is 10.2 Å². The molecule has 2 aromatic rings. The Labute approximate surface area is 139 Å². The first-order valence-electron chi connectivity index (χ1n) is 7.00. The van der Waals surface area contributed by atoms with Gasteiger partial charge in [0.1, 0.15) is 17.2 Å². The van der Waals surface area contributed by atoms with Gasteiger partial charge < -0.3 is 14.8 Å². The number of thiocarbonyl (C=S) groups is 1. The fourth-order valence-corrected chi connectivity index (χ4v) is 2.72. The van der Waals surface area contributed by atoms with E-state index >= 15 is 0 Å². The first-order valence-corrected chi connectivity index (χ1v) is 7.41. The summed E-state index contributed by atoms with van der Waals surface area (Å²) in [5, 5.41) is 5.28. The summed E-state index contributed by atoms with van der Waals surface area (Å²) < 4.78 is 10.8. The zero-order valence-corrected chi connectivity index (χ0v) is 13.9. The monoisotopic (exact) mass is 328 g/mol. The van der Waals surface area contributed by atoms with Gasteiger partial charge in [0.2, 0.25) is 0 Å². The average Bonchev–Trinajstić information content (AvgIpc) is 2.81. The van der Waals surface area contributed by atoms with Crippen LogP contribution in [0.2, 0.25) is 0 Å². The Morgan fingerprint density at radius 2 is 1.91 bits per heavy atom. The van der Waals surface area contributed by atoms with E-state index in [1.54, 1.807) is 27.3 Å². The summed E-state index contributed by atoms with van der Waals surface area (Å²) in [5.41, 5.74) is 1.23. The van der Waals surface area contributed by atoms with E-state index in [0.29, 0.717) is 16.6 Å². The largest absolute Gasteiger partial charge is 0.497 e. The predicted octanol–water partition coefficient (Wildman–Crippen LogP) is 2.54. The number of fused-ring (bicyclic) bond motifs is 1. The van der Waals surface area contributed by atoms with Gasteiger partial charge in [0.25, 0.3) is 5.91 Å². The van der Waals surface area contributed by atoms with Crippen LogP contribution in [0.5, 0.6) is 11.5 Å². The molecule has 118 valence electrons. The minimum Gasteiger partial charge on any atom is -0.497 e. The lowest BCUT2D eigenvalue weighted by molar-refractivity contribution is -0.121. The molecule has 1 amide bonds. The van der Waals surface area contributed by atoms with Gasteiger partial charge >= 0.3 is 0 Å². The lowest BCUT2D eigenvalue weighted by Gasteiger charge is -2.11. The second-order valence-corrected chi connectivity index (χ2v) is 5.51. The zero-order chi connectivity index (χ0) is 16.6. The molecule has 0 spiro atoms. The minimum atomic E-state index is -0.169. The maximum absolute atomic E-state index is 12.2. The number of carbonyl (C=O) groups is 1. The van der Waals surface area contributed by atoms with Crippen molar-refractivity contribution in [3.63, 3.8) is 0 Å². The van der Waals surface area contributed by atoms with Gasteiger partial charge in [-0.05, 0) is 47.3 Å². The normalized spacial score (nSPS) is 16.1. The molecule has 0 aromatic heterocycles. The number of rotatable bonds is 3. The van der Waals surface area contributed by atoms with E-state index in [1.807, 2.05) is 30.3 Å². The topological polar surface area (TPSA) is 50.8 Å². The van der Waals surface area contributed by atoms with Crippen LogP contribution in [0.15, 0.2) is 36.0 Å². The van der Waals surface area contributed by atoms with Crippen LogP contribution < -0.4 is 14.8 Å². The number of hydrogen-bond acceptors (Lipinski definition) is 4. The SMILES string of the molecule is COc1ccc2ccc(OC)c(/C=C3\NC(=S)N(C)C3=O)c2c1. The molecule has 3 rings (SSSR count). The second-order valence-electron chi connectivity index (χ2n) is 5.12. The number of ether oxygens (including phenoxy) is 2. The molecule has 1 aliphatic heterocycles.